The van der Waals surface area contributed by atoms with Crippen molar-refractivity contribution in [2.45, 2.75) is 19.4 Å². The number of ether oxygens (including phenoxy) is 1. The van der Waals surface area contributed by atoms with Gasteiger partial charge in [-0.05, 0) is 18.2 Å². The number of nitrogens with one attached hydrogen (secondary N) is 1. The first-order valence-electron chi connectivity index (χ1n) is 8.27. The lowest BCUT2D eigenvalue weighted by Crippen LogP contribution is -2.42. The molecule has 1 saturated heterocycles. The first kappa shape index (κ1) is 15.7. The van der Waals surface area contributed by atoms with Gasteiger partial charge in [0.05, 0.1) is 18.7 Å². The lowest BCUT2D eigenvalue weighted by molar-refractivity contribution is -0.0266. The van der Waals surface area contributed by atoms with E-state index in [0.717, 1.165) is 17.8 Å². The summed E-state index contributed by atoms with van der Waals surface area (Å²) >= 11 is 0. The van der Waals surface area contributed by atoms with E-state index in [1.54, 1.807) is 21.7 Å². The monoisotopic (exact) mass is 341 g/mol. The van der Waals surface area contributed by atoms with Crippen molar-refractivity contribution in [3.8, 4) is 0 Å². The van der Waals surface area contributed by atoms with Gasteiger partial charge in [0.2, 0.25) is 0 Å². The van der Waals surface area contributed by atoms with Gasteiger partial charge in [0, 0.05) is 25.6 Å². The minimum Gasteiger partial charge on any atom is -0.366 e. The molecule has 4 rings (SSSR count). The fourth-order valence-electron chi connectivity index (χ4n) is 2.96. The van der Waals surface area contributed by atoms with E-state index in [9.17, 15) is 4.79 Å². The van der Waals surface area contributed by atoms with Gasteiger partial charge in [0.1, 0.15) is 17.4 Å². The molecule has 3 heterocycles. The Balaban J connectivity index is 1.54. The average Bonchev–Trinajstić information content (AvgIpc) is 3.28. The Kier molecular flexibility index (Phi) is 3.92. The minimum absolute atomic E-state index is 0.0490. The number of H-pyrrole nitrogens is 1. The molecule has 9 nitrogen and oxygen atoms in total. The van der Waals surface area contributed by atoms with Crippen molar-refractivity contribution in [3.63, 3.8) is 0 Å². The van der Waals surface area contributed by atoms with Crippen LogP contribution >= 0.6 is 0 Å². The van der Waals surface area contributed by atoms with Crippen molar-refractivity contribution in [3.05, 3.63) is 35.4 Å². The highest BCUT2D eigenvalue weighted by molar-refractivity contribution is 5.97. The first-order chi connectivity index (χ1) is 12.2. The van der Waals surface area contributed by atoms with Gasteiger partial charge in [-0.2, -0.15) is 5.10 Å². The maximum atomic E-state index is 12.9. The summed E-state index contributed by atoms with van der Waals surface area (Å²) in [4.78, 5) is 19.0. The van der Waals surface area contributed by atoms with E-state index < -0.39 is 0 Å². The maximum Gasteiger partial charge on any atom is 0.254 e. The zero-order valence-electron chi connectivity index (χ0n) is 14.1. The van der Waals surface area contributed by atoms with Crippen LogP contribution < -0.4 is 0 Å². The molecular weight excluding hydrogens is 322 g/mol. The Hall–Kier alpha value is -2.81. The molecule has 0 unspecified atom stereocenters. The highest BCUT2D eigenvalue weighted by Crippen LogP contribution is 2.22. The SMILES string of the molecule is CCc1nc([C@H]2CN(C(=O)c3ccc4c(c3)nnn4C)CCO2)n[nH]1. The zero-order chi connectivity index (χ0) is 17.4. The molecule has 1 fully saturated rings. The summed E-state index contributed by atoms with van der Waals surface area (Å²) in [5.41, 5.74) is 2.20. The number of hydrogen-bond donors (Lipinski definition) is 1. The van der Waals surface area contributed by atoms with E-state index in [-0.39, 0.29) is 12.0 Å². The van der Waals surface area contributed by atoms with Crippen LogP contribution in [0.1, 0.15) is 35.0 Å². The molecule has 1 aromatic carbocycles. The molecule has 1 aliphatic rings. The summed E-state index contributed by atoms with van der Waals surface area (Å²) in [5, 5.41) is 15.1. The molecule has 0 saturated carbocycles. The molecule has 0 aliphatic carbocycles. The molecule has 1 aliphatic heterocycles. The van der Waals surface area contributed by atoms with Gasteiger partial charge in [0.15, 0.2) is 5.82 Å². The van der Waals surface area contributed by atoms with Crippen molar-refractivity contribution in [1.82, 2.24) is 35.1 Å². The van der Waals surface area contributed by atoms with Gasteiger partial charge in [-0.15, -0.1) is 5.10 Å². The molecule has 130 valence electrons. The number of carbonyl (C=O) groups is 1. The molecule has 1 amide bonds. The molecule has 1 atom stereocenters. The van der Waals surface area contributed by atoms with E-state index in [1.807, 2.05) is 20.0 Å². The molecule has 0 radical (unpaired) electrons. The van der Waals surface area contributed by atoms with Crippen LogP contribution in [0.5, 0.6) is 0 Å². The predicted molar refractivity (Wildman–Crippen MR) is 88.9 cm³/mol. The second-order valence-corrected chi connectivity index (χ2v) is 6.02. The van der Waals surface area contributed by atoms with E-state index in [1.165, 1.54) is 0 Å². The summed E-state index contributed by atoms with van der Waals surface area (Å²) < 4.78 is 7.43. The summed E-state index contributed by atoms with van der Waals surface area (Å²) in [6, 6.07) is 5.45. The van der Waals surface area contributed by atoms with Crippen LogP contribution in [0.15, 0.2) is 18.2 Å². The smallest absolute Gasteiger partial charge is 0.254 e. The molecule has 9 heteroatoms. The van der Waals surface area contributed by atoms with E-state index in [2.05, 4.69) is 25.5 Å². The lowest BCUT2D eigenvalue weighted by atomic mass is 10.1. The number of benzene rings is 1. The zero-order valence-corrected chi connectivity index (χ0v) is 14.1. The maximum absolute atomic E-state index is 12.9. The molecule has 0 bridgehead atoms. The van der Waals surface area contributed by atoms with Crippen LogP contribution in [-0.4, -0.2) is 60.7 Å². The van der Waals surface area contributed by atoms with Crippen LogP contribution in [0.4, 0.5) is 0 Å². The molecule has 25 heavy (non-hydrogen) atoms. The fourth-order valence-corrected chi connectivity index (χ4v) is 2.96. The summed E-state index contributed by atoms with van der Waals surface area (Å²) in [7, 11) is 1.82. The van der Waals surface area contributed by atoms with Crippen molar-refractivity contribution >= 4 is 16.9 Å². The van der Waals surface area contributed by atoms with Crippen LogP contribution in [0.25, 0.3) is 11.0 Å². The van der Waals surface area contributed by atoms with Gasteiger partial charge >= 0.3 is 0 Å². The third kappa shape index (κ3) is 2.86. The van der Waals surface area contributed by atoms with Crippen LogP contribution in [-0.2, 0) is 18.2 Å². The predicted octanol–water partition coefficient (Wildman–Crippen LogP) is 0.862. The van der Waals surface area contributed by atoms with Gasteiger partial charge in [0.25, 0.3) is 5.91 Å². The van der Waals surface area contributed by atoms with Gasteiger partial charge in [-0.25, -0.2) is 9.67 Å². The van der Waals surface area contributed by atoms with Crippen LogP contribution in [0.2, 0.25) is 0 Å². The number of morpholine rings is 1. The van der Waals surface area contributed by atoms with E-state index in [4.69, 9.17) is 4.74 Å². The average molecular weight is 341 g/mol. The summed E-state index contributed by atoms with van der Waals surface area (Å²) in [6.07, 6.45) is 0.468. The van der Waals surface area contributed by atoms with Gasteiger partial charge < -0.3 is 9.64 Å². The van der Waals surface area contributed by atoms with Crippen LogP contribution in [0.3, 0.4) is 0 Å². The number of rotatable bonds is 3. The largest absolute Gasteiger partial charge is 0.366 e. The molecule has 3 aromatic rings. The fraction of sp³-hybridized carbons (Fsp3) is 0.438. The number of fused-ring (bicyclic) bond motifs is 1. The quantitative estimate of drug-likeness (QED) is 0.758. The Bertz CT molecular complexity index is 916. The molecule has 0 spiro atoms. The van der Waals surface area contributed by atoms with E-state index >= 15 is 0 Å². The van der Waals surface area contributed by atoms with Crippen molar-refractivity contribution in [2.75, 3.05) is 19.7 Å². The summed E-state index contributed by atoms with van der Waals surface area (Å²) in [6.45, 7) is 3.43. The molecule has 1 N–H and O–H groups in total. The number of aryl methyl sites for hydroxylation is 2. The molecule has 2 aromatic heterocycles. The summed E-state index contributed by atoms with van der Waals surface area (Å²) in [5.74, 6) is 1.36. The third-order valence-electron chi connectivity index (χ3n) is 4.38. The number of hydrogen-bond acceptors (Lipinski definition) is 6. The number of amides is 1. The van der Waals surface area contributed by atoms with Crippen molar-refractivity contribution in [2.24, 2.45) is 7.05 Å². The highest BCUT2D eigenvalue weighted by atomic mass is 16.5. The first-order valence-corrected chi connectivity index (χ1v) is 8.27. The number of carbonyl (C=O) groups excluding carboxylic acids is 1. The topological polar surface area (TPSA) is 102 Å². The second kappa shape index (κ2) is 6.25. The Labute approximate surface area is 144 Å². The standard InChI is InChI=1S/C16H19N7O2/c1-3-14-17-15(20-19-14)13-9-23(6-7-25-13)16(24)10-4-5-12-11(8-10)18-21-22(12)2/h4-5,8,13H,3,6-7,9H2,1-2H3,(H,17,19,20)/t13-/m1/s1. The Morgan fingerprint density at radius 2 is 2.32 bits per heavy atom. The second-order valence-electron chi connectivity index (χ2n) is 6.02. The van der Waals surface area contributed by atoms with E-state index in [0.29, 0.717) is 36.6 Å². The normalized spacial score (nSPS) is 18.0. The van der Waals surface area contributed by atoms with Gasteiger partial charge in [-0.1, -0.05) is 12.1 Å². The molecular formula is C16H19N7O2. The van der Waals surface area contributed by atoms with Crippen molar-refractivity contribution < 1.29 is 9.53 Å². The van der Waals surface area contributed by atoms with Crippen LogP contribution in [0, 0.1) is 0 Å². The lowest BCUT2D eigenvalue weighted by Gasteiger charge is -2.31. The number of aromatic amines is 1. The van der Waals surface area contributed by atoms with Crippen molar-refractivity contribution in [1.29, 1.82) is 0 Å². The highest BCUT2D eigenvalue weighted by Gasteiger charge is 2.28. The van der Waals surface area contributed by atoms with Gasteiger partial charge in [-0.3, -0.25) is 9.89 Å². The number of aromatic nitrogens is 6. The Morgan fingerprint density at radius 3 is 3.12 bits per heavy atom. The minimum atomic E-state index is -0.311. The number of nitrogens with zero attached hydrogens (tertiary/aromatic N) is 6. The third-order valence-corrected chi connectivity index (χ3v) is 4.38. The Morgan fingerprint density at radius 1 is 1.44 bits per heavy atom.